The molecule has 0 saturated heterocycles. The summed E-state index contributed by atoms with van der Waals surface area (Å²) in [5.41, 5.74) is 5.37. The maximum absolute atomic E-state index is 11.0. The summed E-state index contributed by atoms with van der Waals surface area (Å²) in [6.45, 7) is 0. The van der Waals surface area contributed by atoms with Crippen molar-refractivity contribution in [1.82, 2.24) is 9.97 Å². The molecule has 0 aliphatic rings. The third kappa shape index (κ3) is 1.71. The number of nitrogens with zero attached hydrogens (tertiary/aromatic N) is 1. The van der Waals surface area contributed by atoms with Crippen molar-refractivity contribution in [3.63, 3.8) is 0 Å². The molecule has 3 rings (SSSR count). The van der Waals surface area contributed by atoms with Gasteiger partial charge in [-0.3, -0.25) is 10.4 Å². The van der Waals surface area contributed by atoms with Crippen LogP contribution in [0.25, 0.3) is 22.4 Å². The molecular formula is C10H8N4O2S. The first kappa shape index (κ1) is 10.1. The molecule has 2 aromatic heterocycles. The van der Waals surface area contributed by atoms with E-state index >= 15 is 0 Å². The monoisotopic (exact) mass is 248 g/mol. The number of thiazole rings is 1. The number of oxazole rings is 1. The van der Waals surface area contributed by atoms with E-state index in [9.17, 15) is 4.79 Å². The molecule has 0 saturated carbocycles. The predicted molar refractivity (Wildman–Crippen MR) is 65.8 cm³/mol. The number of H-pyrrole nitrogens is 1. The van der Waals surface area contributed by atoms with Crippen LogP contribution in [0.3, 0.4) is 0 Å². The van der Waals surface area contributed by atoms with Crippen LogP contribution >= 0.6 is 11.3 Å². The number of nitrogens with one attached hydrogen (secondary N) is 2. The molecule has 0 unspecified atom stereocenters. The van der Waals surface area contributed by atoms with Crippen molar-refractivity contribution in [1.29, 1.82) is 0 Å². The largest absolute Gasteiger partial charge is 0.417 e. The first-order valence-corrected chi connectivity index (χ1v) is 5.69. The van der Waals surface area contributed by atoms with Crippen molar-refractivity contribution < 1.29 is 4.42 Å². The highest BCUT2D eigenvalue weighted by molar-refractivity contribution is 7.14. The van der Waals surface area contributed by atoms with Crippen LogP contribution in [0, 0.1) is 0 Å². The van der Waals surface area contributed by atoms with Gasteiger partial charge in [-0.1, -0.05) is 0 Å². The average molecular weight is 248 g/mol. The molecular weight excluding hydrogens is 240 g/mol. The molecule has 6 nitrogen and oxygen atoms in total. The number of fused-ring (bicyclic) bond motifs is 1. The SMILES string of the molecule is NNc1nc(-c2ccc3oc(=O)[nH]c3c2)cs1. The van der Waals surface area contributed by atoms with Gasteiger partial charge in [0.25, 0.3) is 0 Å². The van der Waals surface area contributed by atoms with E-state index < -0.39 is 5.76 Å². The van der Waals surface area contributed by atoms with Gasteiger partial charge in [0.2, 0.25) is 0 Å². The summed E-state index contributed by atoms with van der Waals surface area (Å²) in [7, 11) is 0. The van der Waals surface area contributed by atoms with Gasteiger partial charge in [0, 0.05) is 10.9 Å². The number of aromatic amines is 1. The van der Waals surface area contributed by atoms with E-state index in [0.717, 1.165) is 11.3 Å². The molecule has 0 atom stereocenters. The molecule has 2 heterocycles. The Hall–Kier alpha value is -2.12. The van der Waals surface area contributed by atoms with Crippen LogP contribution < -0.4 is 17.0 Å². The summed E-state index contributed by atoms with van der Waals surface area (Å²) in [5.74, 6) is 4.81. The van der Waals surface area contributed by atoms with Crippen molar-refractivity contribution in [2.24, 2.45) is 5.84 Å². The molecule has 7 heteroatoms. The Balaban J connectivity index is 2.13. The minimum absolute atomic E-state index is 0.459. The number of nitrogens with two attached hydrogens (primary N) is 1. The van der Waals surface area contributed by atoms with Gasteiger partial charge in [0.15, 0.2) is 10.7 Å². The fraction of sp³-hybridized carbons (Fsp3) is 0. The number of rotatable bonds is 2. The lowest BCUT2D eigenvalue weighted by molar-refractivity contribution is 0.555. The van der Waals surface area contributed by atoms with E-state index in [1.807, 2.05) is 17.5 Å². The van der Waals surface area contributed by atoms with Crippen LogP contribution in [0.1, 0.15) is 0 Å². The number of nitrogen functional groups attached to an aromatic ring is 1. The van der Waals surface area contributed by atoms with Crippen LogP contribution in [-0.2, 0) is 0 Å². The molecule has 0 radical (unpaired) electrons. The Labute approximate surface area is 99.1 Å². The molecule has 0 amide bonds. The maximum Gasteiger partial charge on any atom is 0.417 e. The summed E-state index contributed by atoms with van der Waals surface area (Å²) in [4.78, 5) is 17.9. The van der Waals surface area contributed by atoms with E-state index in [-0.39, 0.29) is 0 Å². The highest BCUT2D eigenvalue weighted by Gasteiger charge is 2.06. The van der Waals surface area contributed by atoms with Gasteiger partial charge in [0.05, 0.1) is 11.2 Å². The third-order valence-corrected chi connectivity index (χ3v) is 3.12. The number of hydrazine groups is 1. The molecule has 86 valence electrons. The topological polar surface area (TPSA) is 96.9 Å². The van der Waals surface area contributed by atoms with Crippen molar-refractivity contribution in [3.05, 3.63) is 34.1 Å². The summed E-state index contributed by atoms with van der Waals surface area (Å²) in [5, 5.41) is 2.52. The van der Waals surface area contributed by atoms with Gasteiger partial charge < -0.3 is 4.42 Å². The third-order valence-electron chi connectivity index (χ3n) is 2.34. The first-order chi connectivity index (χ1) is 8.26. The molecule has 0 bridgehead atoms. The number of hydrogen-bond donors (Lipinski definition) is 3. The minimum atomic E-state index is -0.459. The van der Waals surface area contributed by atoms with Crippen LogP contribution in [-0.4, -0.2) is 9.97 Å². The number of hydrogen-bond acceptors (Lipinski definition) is 6. The molecule has 0 fully saturated rings. The van der Waals surface area contributed by atoms with Gasteiger partial charge in [0.1, 0.15) is 0 Å². The van der Waals surface area contributed by atoms with Gasteiger partial charge in [-0.05, 0) is 18.2 Å². The van der Waals surface area contributed by atoms with Crippen molar-refractivity contribution >= 4 is 27.6 Å². The number of aromatic nitrogens is 2. The standard InChI is InChI=1S/C10H8N4O2S/c11-14-9-12-7(4-17-9)5-1-2-8-6(3-5)13-10(15)16-8/h1-4H,11H2,(H,12,14)(H,13,15). The summed E-state index contributed by atoms with van der Waals surface area (Å²) < 4.78 is 4.92. The lowest BCUT2D eigenvalue weighted by atomic mass is 10.1. The van der Waals surface area contributed by atoms with Crippen LogP contribution in [0.2, 0.25) is 0 Å². The van der Waals surface area contributed by atoms with Crippen molar-refractivity contribution in [3.8, 4) is 11.3 Å². The lowest BCUT2D eigenvalue weighted by Crippen LogP contribution is -2.05. The van der Waals surface area contributed by atoms with Gasteiger partial charge in [-0.25, -0.2) is 15.6 Å². The second-order valence-electron chi connectivity index (χ2n) is 3.41. The smallest absolute Gasteiger partial charge is 0.408 e. The van der Waals surface area contributed by atoms with Crippen LogP contribution in [0.4, 0.5) is 5.13 Å². The van der Waals surface area contributed by atoms with E-state index in [2.05, 4.69) is 15.4 Å². The fourth-order valence-corrected chi connectivity index (χ4v) is 2.22. The predicted octanol–water partition coefficient (Wildman–Crippen LogP) is 1.53. The Morgan fingerprint density at radius 2 is 2.35 bits per heavy atom. The second-order valence-corrected chi connectivity index (χ2v) is 4.27. The molecule has 0 spiro atoms. The minimum Gasteiger partial charge on any atom is -0.408 e. The Morgan fingerprint density at radius 3 is 3.12 bits per heavy atom. The highest BCUT2D eigenvalue weighted by Crippen LogP contribution is 2.26. The molecule has 0 aliphatic carbocycles. The number of anilines is 1. The molecule has 1 aromatic carbocycles. The normalized spacial score (nSPS) is 10.9. The Kier molecular flexibility index (Phi) is 2.20. The van der Waals surface area contributed by atoms with E-state index in [1.54, 1.807) is 6.07 Å². The molecule has 0 aliphatic heterocycles. The zero-order valence-corrected chi connectivity index (χ0v) is 9.38. The average Bonchev–Trinajstić information content (AvgIpc) is 2.92. The highest BCUT2D eigenvalue weighted by atomic mass is 32.1. The Bertz CT molecular complexity index is 727. The lowest BCUT2D eigenvalue weighted by Gasteiger charge is -1.95. The number of benzene rings is 1. The van der Waals surface area contributed by atoms with Crippen molar-refractivity contribution in [2.75, 3.05) is 5.43 Å². The van der Waals surface area contributed by atoms with Crippen LogP contribution in [0.15, 0.2) is 32.8 Å². The second kappa shape index (κ2) is 3.72. The molecule has 4 N–H and O–H groups in total. The fourth-order valence-electron chi connectivity index (χ4n) is 1.58. The summed E-state index contributed by atoms with van der Waals surface area (Å²) >= 11 is 1.41. The molecule has 3 aromatic rings. The summed E-state index contributed by atoms with van der Waals surface area (Å²) in [6.07, 6.45) is 0. The van der Waals surface area contributed by atoms with Gasteiger partial charge >= 0.3 is 5.76 Å². The van der Waals surface area contributed by atoms with Gasteiger partial charge in [-0.15, -0.1) is 11.3 Å². The maximum atomic E-state index is 11.0. The first-order valence-electron chi connectivity index (χ1n) is 4.81. The molecule has 17 heavy (non-hydrogen) atoms. The zero-order chi connectivity index (χ0) is 11.8. The van der Waals surface area contributed by atoms with Crippen LogP contribution in [0.5, 0.6) is 0 Å². The summed E-state index contributed by atoms with van der Waals surface area (Å²) in [6, 6.07) is 5.39. The van der Waals surface area contributed by atoms with Gasteiger partial charge in [-0.2, -0.15) is 0 Å². The zero-order valence-electron chi connectivity index (χ0n) is 8.56. The van der Waals surface area contributed by atoms with E-state index in [4.69, 9.17) is 10.3 Å². The van der Waals surface area contributed by atoms with E-state index in [1.165, 1.54) is 11.3 Å². The quantitative estimate of drug-likeness (QED) is 0.472. The van der Waals surface area contributed by atoms with Crippen molar-refractivity contribution in [2.45, 2.75) is 0 Å². The Morgan fingerprint density at radius 1 is 1.47 bits per heavy atom. The van der Waals surface area contributed by atoms with E-state index in [0.29, 0.717) is 16.2 Å².